The molecule has 0 aliphatic rings. The number of rotatable bonds is 6. The van der Waals surface area contributed by atoms with Gasteiger partial charge in [-0.15, -0.1) is 0 Å². The molecule has 4 nitrogen and oxygen atoms in total. The molecule has 0 atom stereocenters. The molecule has 6 rings (SSSR count). The normalized spacial score (nSPS) is 11.8. The van der Waals surface area contributed by atoms with Gasteiger partial charge in [-0.3, -0.25) is 4.98 Å². The summed E-state index contributed by atoms with van der Waals surface area (Å²) in [4.78, 5) is 4.73. The van der Waals surface area contributed by atoms with E-state index in [9.17, 15) is 0 Å². The molecule has 4 heteroatoms. The first-order valence-electron chi connectivity index (χ1n) is 14.0. The van der Waals surface area contributed by atoms with Crippen molar-refractivity contribution in [2.75, 3.05) is 10.6 Å². The van der Waals surface area contributed by atoms with Gasteiger partial charge in [-0.1, -0.05) is 69.3 Å². The third-order valence-electron chi connectivity index (χ3n) is 7.35. The molecule has 0 bridgehead atoms. The Balaban J connectivity index is 1.48. The number of aromatic nitrogens is 2. The maximum Gasteiger partial charge on any atom is 0.0705 e. The lowest BCUT2D eigenvalue weighted by Gasteiger charge is -2.19. The van der Waals surface area contributed by atoms with Crippen molar-refractivity contribution in [1.82, 2.24) is 9.55 Å². The Bertz CT molecular complexity index is 1820. The Morgan fingerprint density at radius 1 is 0.700 bits per heavy atom. The van der Waals surface area contributed by atoms with Crippen molar-refractivity contribution < 1.29 is 0 Å². The van der Waals surface area contributed by atoms with Crippen LogP contribution in [-0.4, -0.2) is 15.6 Å². The summed E-state index contributed by atoms with van der Waals surface area (Å²) >= 11 is 0. The van der Waals surface area contributed by atoms with Gasteiger partial charge >= 0.3 is 0 Å². The van der Waals surface area contributed by atoms with Crippen LogP contribution in [0.15, 0.2) is 109 Å². The fourth-order valence-electron chi connectivity index (χ4n) is 5.37. The zero-order valence-electron chi connectivity index (χ0n) is 23.9. The average Bonchev–Trinajstić information content (AvgIpc) is 3.27. The Morgan fingerprint density at radius 3 is 2.25 bits per heavy atom. The van der Waals surface area contributed by atoms with Crippen LogP contribution in [0.2, 0.25) is 0 Å². The highest BCUT2D eigenvalue weighted by atomic mass is 15.0. The van der Waals surface area contributed by atoms with Crippen LogP contribution in [-0.2, 0) is 5.41 Å². The quantitative estimate of drug-likeness (QED) is 0.228. The zero-order chi connectivity index (χ0) is 27.9. The first-order valence-corrected chi connectivity index (χ1v) is 14.0. The van der Waals surface area contributed by atoms with Crippen LogP contribution in [0.4, 0.5) is 17.1 Å². The predicted molar refractivity (Wildman–Crippen MR) is 171 cm³/mol. The van der Waals surface area contributed by atoms with Crippen molar-refractivity contribution in [3.05, 3.63) is 115 Å². The molecule has 4 aromatic carbocycles. The van der Waals surface area contributed by atoms with Crippen LogP contribution in [0.3, 0.4) is 0 Å². The van der Waals surface area contributed by atoms with E-state index in [0.29, 0.717) is 6.04 Å². The van der Waals surface area contributed by atoms with E-state index in [4.69, 9.17) is 4.98 Å². The number of hydrogen-bond acceptors (Lipinski definition) is 3. The van der Waals surface area contributed by atoms with E-state index in [1.54, 1.807) is 0 Å². The third-order valence-corrected chi connectivity index (χ3v) is 7.35. The van der Waals surface area contributed by atoms with E-state index in [1.165, 1.54) is 21.9 Å². The SMILES string of the molecule is CC(C)Nc1ccccc1Nc1ccc2c3ccccc3n(-c3cccc(-c4cc(C(C)(C)C)ccn4)c3)c2c1. The maximum absolute atomic E-state index is 4.73. The molecule has 0 fully saturated rings. The van der Waals surface area contributed by atoms with Crippen LogP contribution in [0, 0.1) is 0 Å². The number of nitrogens with one attached hydrogen (secondary N) is 2. The molecule has 0 aliphatic carbocycles. The Kier molecular flexibility index (Phi) is 6.55. The predicted octanol–water partition coefficient (Wildman–Crippen LogP) is 9.71. The number of pyridine rings is 1. The van der Waals surface area contributed by atoms with Crippen LogP contribution in [0.25, 0.3) is 38.8 Å². The third kappa shape index (κ3) is 4.93. The van der Waals surface area contributed by atoms with Gasteiger partial charge in [0.1, 0.15) is 0 Å². The van der Waals surface area contributed by atoms with Gasteiger partial charge < -0.3 is 15.2 Å². The summed E-state index contributed by atoms with van der Waals surface area (Å²) in [5.74, 6) is 0. The fourth-order valence-corrected chi connectivity index (χ4v) is 5.37. The van der Waals surface area contributed by atoms with Crippen molar-refractivity contribution in [3.63, 3.8) is 0 Å². The summed E-state index contributed by atoms with van der Waals surface area (Å²) in [6.45, 7) is 11.0. The van der Waals surface area contributed by atoms with E-state index in [1.807, 2.05) is 6.20 Å². The topological polar surface area (TPSA) is 41.9 Å². The van der Waals surface area contributed by atoms with Gasteiger partial charge in [0, 0.05) is 39.9 Å². The summed E-state index contributed by atoms with van der Waals surface area (Å²) < 4.78 is 2.37. The lowest BCUT2D eigenvalue weighted by Crippen LogP contribution is -2.11. The van der Waals surface area contributed by atoms with Crippen molar-refractivity contribution in [2.45, 2.75) is 46.1 Å². The van der Waals surface area contributed by atoms with Gasteiger partial charge in [-0.2, -0.15) is 0 Å². The Labute approximate surface area is 236 Å². The van der Waals surface area contributed by atoms with Gasteiger partial charge in [0.25, 0.3) is 0 Å². The van der Waals surface area contributed by atoms with E-state index in [-0.39, 0.29) is 5.41 Å². The standard InChI is InChI=1S/C36H36N4/c1-24(2)38-31-14-7-8-15-32(31)39-27-17-18-30-29-13-6-9-16-34(29)40(35(30)23-27)28-12-10-11-25(21-28)33-22-26(19-20-37-33)36(3,4)5/h6-24,38-39H,1-5H3. The second kappa shape index (κ2) is 10.2. The highest BCUT2D eigenvalue weighted by molar-refractivity contribution is 6.10. The number of para-hydroxylation sites is 3. The smallest absolute Gasteiger partial charge is 0.0705 e. The van der Waals surface area contributed by atoms with Crippen molar-refractivity contribution in [1.29, 1.82) is 0 Å². The van der Waals surface area contributed by atoms with E-state index >= 15 is 0 Å². The minimum absolute atomic E-state index is 0.0643. The number of benzene rings is 4. The molecule has 2 aromatic heterocycles. The number of anilines is 3. The molecule has 200 valence electrons. The number of fused-ring (bicyclic) bond motifs is 3. The molecule has 0 spiro atoms. The first kappa shape index (κ1) is 25.7. The van der Waals surface area contributed by atoms with E-state index in [2.05, 4.69) is 153 Å². The molecular formula is C36H36N4. The Morgan fingerprint density at radius 2 is 1.45 bits per heavy atom. The summed E-state index contributed by atoms with van der Waals surface area (Å²) in [6, 6.07) is 37.1. The van der Waals surface area contributed by atoms with Crippen LogP contribution in [0.5, 0.6) is 0 Å². The fraction of sp³-hybridized carbons (Fsp3) is 0.194. The zero-order valence-corrected chi connectivity index (χ0v) is 23.9. The van der Waals surface area contributed by atoms with Gasteiger partial charge in [0.15, 0.2) is 0 Å². The Hall–Kier alpha value is -4.57. The van der Waals surface area contributed by atoms with Crippen molar-refractivity contribution in [2.24, 2.45) is 0 Å². The molecule has 0 saturated heterocycles. The highest BCUT2D eigenvalue weighted by Crippen LogP contribution is 2.36. The second-order valence-corrected chi connectivity index (χ2v) is 11.8. The summed E-state index contributed by atoms with van der Waals surface area (Å²) in [5, 5.41) is 9.69. The molecule has 2 heterocycles. The van der Waals surface area contributed by atoms with Crippen LogP contribution >= 0.6 is 0 Å². The van der Waals surface area contributed by atoms with Crippen LogP contribution < -0.4 is 10.6 Å². The second-order valence-electron chi connectivity index (χ2n) is 11.8. The van der Waals surface area contributed by atoms with E-state index in [0.717, 1.165) is 39.5 Å². The van der Waals surface area contributed by atoms with Crippen molar-refractivity contribution in [3.8, 4) is 16.9 Å². The highest BCUT2D eigenvalue weighted by Gasteiger charge is 2.16. The molecular weight excluding hydrogens is 488 g/mol. The minimum Gasteiger partial charge on any atom is -0.381 e. The summed E-state index contributed by atoms with van der Waals surface area (Å²) in [6.07, 6.45) is 1.92. The average molecular weight is 525 g/mol. The molecule has 0 unspecified atom stereocenters. The number of nitrogens with zero attached hydrogens (tertiary/aromatic N) is 2. The molecule has 40 heavy (non-hydrogen) atoms. The summed E-state index contributed by atoms with van der Waals surface area (Å²) in [5.41, 5.74) is 10.1. The number of hydrogen-bond donors (Lipinski definition) is 2. The van der Waals surface area contributed by atoms with Crippen molar-refractivity contribution >= 4 is 38.9 Å². The molecule has 0 amide bonds. The molecule has 2 N–H and O–H groups in total. The summed E-state index contributed by atoms with van der Waals surface area (Å²) in [7, 11) is 0. The van der Waals surface area contributed by atoms with Gasteiger partial charge in [-0.05, 0) is 79.4 Å². The monoisotopic (exact) mass is 524 g/mol. The van der Waals surface area contributed by atoms with Gasteiger partial charge in [0.2, 0.25) is 0 Å². The molecule has 6 aromatic rings. The lowest BCUT2D eigenvalue weighted by molar-refractivity contribution is 0.589. The lowest BCUT2D eigenvalue weighted by atomic mass is 9.87. The molecule has 0 aliphatic heterocycles. The van der Waals surface area contributed by atoms with Crippen LogP contribution in [0.1, 0.15) is 40.2 Å². The first-order chi connectivity index (χ1) is 19.3. The molecule has 0 radical (unpaired) electrons. The van der Waals surface area contributed by atoms with Gasteiger partial charge in [-0.25, -0.2) is 0 Å². The molecule has 0 saturated carbocycles. The van der Waals surface area contributed by atoms with Gasteiger partial charge in [0.05, 0.1) is 28.1 Å². The minimum atomic E-state index is 0.0643. The largest absolute Gasteiger partial charge is 0.381 e. The van der Waals surface area contributed by atoms with E-state index < -0.39 is 0 Å². The maximum atomic E-state index is 4.73.